The van der Waals surface area contributed by atoms with E-state index in [2.05, 4.69) is 15.3 Å². The third-order valence-electron chi connectivity index (χ3n) is 6.70. The van der Waals surface area contributed by atoms with Gasteiger partial charge in [-0.25, -0.2) is 14.5 Å². The van der Waals surface area contributed by atoms with Gasteiger partial charge in [-0.2, -0.15) is 0 Å². The fraction of sp³-hybridized carbons (Fsp3) is 0.129. The van der Waals surface area contributed by atoms with Gasteiger partial charge >= 0.3 is 5.97 Å². The number of allylic oxidation sites excluding steroid dienone is 1. The van der Waals surface area contributed by atoms with Crippen LogP contribution in [-0.2, 0) is 9.53 Å². The second-order valence-electron chi connectivity index (χ2n) is 9.41. The molecule has 0 saturated heterocycles. The van der Waals surface area contributed by atoms with Crippen molar-refractivity contribution in [2.24, 2.45) is 4.99 Å². The molecule has 1 N–H and O–H groups in total. The fourth-order valence-electron chi connectivity index (χ4n) is 4.84. The minimum absolute atomic E-state index is 0.152. The Bertz CT molecular complexity index is 1990. The standard InChI is InChI=1S/C31H25N5O4S/c1-3-40-30(39)27-19(2)32-31-36(28(27)21-10-5-4-6-11-21)29(38)26(41-31)16-20-9-7-13-23(15-20)35-18-25(33-34-35)22-12-8-14-24(37)17-22/h4-18,28,37H,3H2,1-2H3/b26-16-. The molecule has 0 amide bonds. The van der Waals surface area contributed by atoms with E-state index in [1.165, 1.54) is 11.3 Å². The van der Waals surface area contributed by atoms with Gasteiger partial charge in [0.15, 0.2) is 4.80 Å². The number of fused-ring (bicyclic) bond motifs is 1. The summed E-state index contributed by atoms with van der Waals surface area (Å²) < 4.78 is 9.05. The molecule has 6 rings (SSSR count). The maximum absolute atomic E-state index is 13.8. The second-order valence-corrected chi connectivity index (χ2v) is 10.4. The van der Waals surface area contributed by atoms with Crippen LogP contribution in [0.2, 0.25) is 0 Å². The van der Waals surface area contributed by atoms with Crippen molar-refractivity contribution in [2.75, 3.05) is 6.61 Å². The first kappa shape index (κ1) is 26.1. The number of carbonyl (C=O) groups is 1. The van der Waals surface area contributed by atoms with E-state index in [0.29, 0.717) is 26.3 Å². The van der Waals surface area contributed by atoms with Gasteiger partial charge in [-0.1, -0.05) is 71.1 Å². The normalized spacial score (nSPS) is 15.0. The van der Waals surface area contributed by atoms with Crippen molar-refractivity contribution in [3.05, 3.63) is 127 Å². The first-order chi connectivity index (χ1) is 19.9. The largest absolute Gasteiger partial charge is 0.508 e. The predicted molar refractivity (Wildman–Crippen MR) is 155 cm³/mol. The van der Waals surface area contributed by atoms with Crippen LogP contribution in [0.4, 0.5) is 0 Å². The zero-order valence-corrected chi connectivity index (χ0v) is 23.1. The molecule has 5 aromatic rings. The van der Waals surface area contributed by atoms with Gasteiger partial charge in [0.2, 0.25) is 0 Å². The number of aromatic hydroxyl groups is 1. The van der Waals surface area contributed by atoms with Crippen molar-refractivity contribution < 1.29 is 14.6 Å². The van der Waals surface area contributed by atoms with Gasteiger partial charge in [0.05, 0.1) is 40.3 Å². The van der Waals surface area contributed by atoms with Gasteiger partial charge in [-0.15, -0.1) is 5.10 Å². The van der Waals surface area contributed by atoms with Gasteiger partial charge in [0.25, 0.3) is 5.56 Å². The summed E-state index contributed by atoms with van der Waals surface area (Å²) in [5.74, 6) is -0.331. The van der Waals surface area contributed by atoms with Gasteiger partial charge in [-0.05, 0) is 55.3 Å². The van der Waals surface area contributed by atoms with Crippen molar-refractivity contribution >= 4 is 23.4 Å². The van der Waals surface area contributed by atoms with Crippen LogP contribution in [0.5, 0.6) is 5.75 Å². The molecule has 1 unspecified atom stereocenters. The molecule has 2 aromatic heterocycles. The smallest absolute Gasteiger partial charge is 0.338 e. The summed E-state index contributed by atoms with van der Waals surface area (Å²) >= 11 is 1.27. The molecule has 3 aromatic carbocycles. The van der Waals surface area contributed by atoms with Gasteiger partial charge in [-0.3, -0.25) is 9.36 Å². The topological polar surface area (TPSA) is 112 Å². The van der Waals surface area contributed by atoms with Crippen LogP contribution in [0.15, 0.2) is 106 Å². The molecule has 1 aliphatic heterocycles. The molecular weight excluding hydrogens is 538 g/mol. The molecule has 0 radical (unpaired) electrons. The van der Waals surface area contributed by atoms with E-state index in [1.54, 1.807) is 47.5 Å². The van der Waals surface area contributed by atoms with Crippen LogP contribution >= 0.6 is 11.3 Å². The summed E-state index contributed by atoms with van der Waals surface area (Å²) in [5.41, 5.74) is 4.36. The molecule has 10 heteroatoms. The average molecular weight is 564 g/mol. The number of hydrogen-bond donors (Lipinski definition) is 1. The molecule has 3 heterocycles. The van der Waals surface area contributed by atoms with E-state index in [0.717, 1.165) is 22.4 Å². The summed E-state index contributed by atoms with van der Waals surface area (Å²) in [4.78, 5) is 32.0. The maximum Gasteiger partial charge on any atom is 0.338 e. The zero-order chi connectivity index (χ0) is 28.5. The molecule has 9 nitrogen and oxygen atoms in total. The lowest BCUT2D eigenvalue weighted by Crippen LogP contribution is -2.39. The van der Waals surface area contributed by atoms with Crippen LogP contribution in [0.3, 0.4) is 0 Å². The lowest BCUT2D eigenvalue weighted by molar-refractivity contribution is -0.139. The first-order valence-corrected chi connectivity index (χ1v) is 13.8. The number of benzene rings is 3. The molecular formula is C31H25N5O4S. The number of carbonyl (C=O) groups excluding carboxylic acids is 1. The van der Waals surface area contributed by atoms with Crippen LogP contribution in [0, 0.1) is 0 Å². The Morgan fingerprint density at radius 1 is 1.07 bits per heavy atom. The summed E-state index contributed by atoms with van der Waals surface area (Å²) in [6.07, 6.45) is 3.59. The third kappa shape index (κ3) is 5.01. The molecule has 0 aliphatic carbocycles. The Morgan fingerprint density at radius 3 is 2.66 bits per heavy atom. The summed E-state index contributed by atoms with van der Waals surface area (Å²) in [6, 6.07) is 23.2. The average Bonchev–Trinajstić information content (AvgIpc) is 3.58. The fourth-order valence-corrected chi connectivity index (χ4v) is 5.88. The predicted octanol–water partition coefficient (Wildman–Crippen LogP) is 3.75. The van der Waals surface area contributed by atoms with Crippen LogP contribution in [0.1, 0.15) is 31.0 Å². The minimum atomic E-state index is -0.647. The van der Waals surface area contributed by atoms with Crippen LogP contribution < -0.4 is 14.9 Å². The first-order valence-electron chi connectivity index (χ1n) is 13.0. The highest BCUT2D eigenvalue weighted by Gasteiger charge is 2.33. The quantitative estimate of drug-likeness (QED) is 0.315. The lowest BCUT2D eigenvalue weighted by Gasteiger charge is -2.24. The minimum Gasteiger partial charge on any atom is -0.508 e. The number of phenols is 1. The van der Waals surface area contributed by atoms with E-state index in [4.69, 9.17) is 4.74 Å². The number of phenolic OH excluding ortho intramolecular Hbond substituents is 1. The molecule has 1 atom stereocenters. The highest BCUT2D eigenvalue weighted by atomic mass is 32.1. The molecule has 0 spiro atoms. The molecule has 0 bridgehead atoms. The maximum atomic E-state index is 13.8. The Morgan fingerprint density at radius 2 is 1.88 bits per heavy atom. The monoisotopic (exact) mass is 563 g/mol. The van der Waals surface area contributed by atoms with Crippen molar-refractivity contribution in [1.29, 1.82) is 0 Å². The Balaban J connectivity index is 1.41. The van der Waals surface area contributed by atoms with Gasteiger partial charge in [0, 0.05) is 5.56 Å². The van der Waals surface area contributed by atoms with Crippen LogP contribution in [0.25, 0.3) is 23.0 Å². The summed E-state index contributed by atoms with van der Waals surface area (Å²) in [6.45, 7) is 3.74. The molecule has 1 aliphatic rings. The molecule has 0 fully saturated rings. The number of ether oxygens (including phenoxy) is 1. The molecule has 41 heavy (non-hydrogen) atoms. The number of nitrogens with zero attached hydrogens (tertiary/aromatic N) is 5. The molecule has 0 saturated carbocycles. The Kier molecular flexibility index (Phi) is 6.90. The lowest BCUT2D eigenvalue weighted by atomic mass is 9.96. The van der Waals surface area contributed by atoms with E-state index in [-0.39, 0.29) is 17.9 Å². The summed E-state index contributed by atoms with van der Waals surface area (Å²) in [7, 11) is 0. The number of hydrogen-bond acceptors (Lipinski definition) is 8. The SMILES string of the molecule is CCOC(=O)C1=C(C)N=c2s/c(=C\c3cccc(-n4cc(-c5cccc(O)c5)nn4)c3)c(=O)n2C1c1ccccc1. The van der Waals surface area contributed by atoms with E-state index in [9.17, 15) is 14.7 Å². The van der Waals surface area contributed by atoms with Crippen molar-refractivity contribution in [2.45, 2.75) is 19.9 Å². The van der Waals surface area contributed by atoms with Crippen molar-refractivity contribution in [1.82, 2.24) is 19.6 Å². The Hall–Kier alpha value is -5.09. The third-order valence-corrected chi connectivity index (χ3v) is 7.68. The van der Waals surface area contributed by atoms with E-state index >= 15 is 0 Å². The summed E-state index contributed by atoms with van der Waals surface area (Å²) in [5, 5.41) is 18.3. The zero-order valence-electron chi connectivity index (χ0n) is 22.3. The highest BCUT2D eigenvalue weighted by Crippen LogP contribution is 2.30. The van der Waals surface area contributed by atoms with Gasteiger partial charge < -0.3 is 9.84 Å². The van der Waals surface area contributed by atoms with E-state index in [1.807, 2.05) is 66.7 Å². The van der Waals surface area contributed by atoms with Crippen molar-refractivity contribution in [3.63, 3.8) is 0 Å². The van der Waals surface area contributed by atoms with Crippen LogP contribution in [-0.4, -0.2) is 37.2 Å². The number of aromatic nitrogens is 4. The van der Waals surface area contributed by atoms with Gasteiger partial charge in [0.1, 0.15) is 11.4 Å². The number of thiazole rings is 1. The number of esters is 1. The Labute approximate surface area is 238 Å². The number of rotatable bonds is 6. The second kappa shape index (κ2) is 10.8. The highest BCUT2D eigenvalue weighted by molar-refractivity contribution is 7.07. The van der Waals surface area contributed by atoms with E-state index < -0.39 is 12.0 Å². The van der Waals surface area contributed by atoms with Crippen molar-refractivity contribution in [3.8, 4) is 22.7 Å². The molecule has 204 valence electrons.